The lowest BCUT2D eigenvalue weighted by molar-refractivity contribution is -0.384. The van der Waals surface area contributed by atoms with E-state index in [1.165, 1.54) is 24.8 Å². The third-order valence-electron chi connectivity index (χ3n) is 7.17. The first kappa shape index (κ1) is 22.7. The molecule has 0 saturated carbocycles. The highest BCUT2D eigenvalue weighted by Crippen LogP contribution is 2.55. The number of carbonyl (C=O) groups is 1. The first-order chi connectivity index (χ1) is 17.8. The van der Waals surface area contributed by atoms with E-state index in [-0.39, 0.29) is 18.0 Å². The van der Waals surface area contributed by atoms with Gasteiger partial charge in [0.15, 0.2) is 11.5 Å². The van der Waals surface area contributed by atoms with Gasteiger partial charge in [0.2, 0.25) is 11.6 Å². The van der Waals surface area contributed by atoms with E-state index in [0.717, 1.165) is 11.3 Å². The quantitative estimate of drug-likeness (QED) is 0.309. The van der Waals surface area contributed by atoms with Gasteiger partial charge in [-0.15, -0.1) is 0 Å². The first-order valence-corrected chi connectivity index (χ1v) is 11.8. The van der Waals surface area contributed by atoms with Gasteiger partial charge in [0.05, 0.1) is 16.7 Å². The van der Waals surface area contributed by atoms with Crippen molar-refractivity contribution in [2.45, 2.75) is 31.4 Å². The molecule has 2 aliphatic heterocycles. The number of H-pyrrole nitrogens is 1. The zero-order chi connectivity index (χ0) is 25.8. The largest absolute Gasteiger partial charge is 0.463 e. The number of hydrogen-bond donors (Lipinski definition) is 2. The number of ether oxygens (including phenoxy) is 1. The Morgan fingerprint density at radius 2 is 2.03 bits per heavy atom. The third kappa shape index (κ3) is 3.42. The van der Waals surface area contributed by atoms with Gasteiger partial charge in [-0.1, -0.05) is 18.2 Å². The molecular formula is C26H23N7O4. The molecular weight excluding hydrogens is 474 g/mol. The molecule has 1 unspecified atom stereocenters. The monoisotopic (exact) mass is 497 g/mol. The van der Waals surface area contributed by atoms with Gasteiger partial charge in [-0.3, -0.25) is 14.9 Å². The molecule has 0 bridgehead atoms. The maximum atomic E-state index is 13.0. The summed E-state index contributed by atoms with van der Waals surface area (Å²) < 4.78 is 6.67. The van der Waals surface area contributed by atoms with Crippen molar-refractivity contribution < 1.29 is 14.5 Å². The summed E-state index contributed by atoms with van der Waals surface area (Å²) in [4.78, 5) is 41.2. The number of fused-ring (bicyclic) bond motifs is 3. The number of nitro benzene ring substituents is 1. The molecule has 11 nitrogen and oxygen atoms in total. The molecule has 2 N–H and O–H groups in total. The van der Waals surface area contributed by atoms with Gasteiger partial charge in [0, 0.05) is 36.3 Å². The maximum absolute atomic E-state index is 13.0. The Balaban J connectivity index is 1.32. The number of anilines is 2. The molecule has 4 heterocycles. The highest BCUT2D eigenvalue weighted by molar-refractivity contribution is 5.96. The Morgan fingerprint density at radius 1 is 1.19 bits per heavy atom. The molecule has 37 heavy (non-hydrogen) atoms. The molecule has 2 aromatic carbocycles. The van der Waals surface area contributed by atoms with Gasteiger partial charge in [-0.25, -0.2) is 15.0 Å². The van der Waals surface area contributed by atoms with Crippen molar-refractivity contribution in [2.75, 3.05) is 16.8 Å². The lowest BCUT2D eigenvalue weighted by Gasteiger charge is -2.47. The molecule has 6 rings (SSSR count). The van der Waals surface area contributed by atoms with Crippen LogP contribution in [0.25, 0.3) is 17.2 Å². The molecule has 0 saturated heterocycles. The normalized spacial score (nSPS) is 18.9. The van der Waals surface area contributed by atoms with Gasteiger partial charge in [-0.05, 0) is 43.7 Å². The summed E-state index contributed by atoms with van der Waals surface area (Å²) in [5.41, 5.74) is 2.28. The summed E-state index contributed by atoms with van der Waals surface area (Å²) >= 11 is 0. The number of carbonyl (C=O) groups excluding carboxylic acids is 1. The minimum absolute atomic E-state index is 0.00143. The number of benzene rings is 2. The standard InChI is InChI=1S/C26H23N7O4/c1-25(2)18-5-3-4-6-19(18)32(12-10-21(34)31-24-22-23(28-14-27-22)29-15-30-24)26(25)11-9-16-13-17(33(35)36)7-8-20(16)37-26/h3-9,11,13-15H,10,12H2,1-2H3,(H2,27,28,29,30,31,34). The van der Waals surface area contributed by atoms with E-state index >= 15 is 0 Å². The number of nitrogens with zero attached hydrogens (tertiary/aromatic N) is 5. The molecule has 1 amide bonds. The average Bonchev–Trinajstić information content (AvgIpc) is 3.44. The Hall–Kier alpha value is -4.80. The van der Waals surface area contributed by atoms with Gasteiger partial charge in [0.1, 0.15) is 17.6 Å². The molecule has 2 aromatic heterocycles. The van der Waals surface area contributed by atoms with Crippen LogP contribution in [0.15, 0.2) is 61.2 Å². The maximum Gasteiger partial charge on any atom is 0.270 e. The lowest BCUT2D eigenvalue weighted by Crippen LogP contribution is -2.60. The molecule has 2 aliphatic rings. The molecule has 11 heteroatoms. The van der Waals surface area contributed by atoms with Crippen LogP contribution in [0.3, 0.4) is 0 Å². The van der Waals surface area contributed by atoms with Crippen molar-refractivity contribution in [2.24, 2.45) is 0 Å². The number of rotatable bonds is 5. The summed E-state index contributed by atoms with van der Waals surface area (Å²) in [6.07, 6.45) is 6.82. The van der Waals surface area contributed by atoms with Crippen LogP contribution < -0.4 is 15.0 Å². The van der Waals surface area contributed by atoms with Crippen molar-refractivity contribution in [3.8, 4) is 5.75 Å². The molecule has 0 aliphatic carbocycles. The van der Waals surface area contributed by atoms with E-state index in [9.17, 15) is 14.9 Å². The number of imidazole rings is 1. The van der Waals surface area contributed by atoms with E-state index in [1.54, 1.807) is 6.07 Å². The van der Waals surface area contributed by atoms with Crippen molar-refractivity contribution in [1.29, 1.82) is 0 Å². The zero-order valence-corrected chi connectivity index (χ0v) is 20.1. The van der Waals surface area contributed by atoms with Crippen molar-refractivity contribution in [1.82, 2.24) is 19.9 Å². The Labute approximate surface area is 211 Å². The van der Waals surface area contributed by atoms with Gasteiger partial charge in [0.25, 0.3) is 5.69 Å². The minimum Gasteiger partial charge on any atom is -0.463 e. The summed E-state index contributed by atoms with van der Waals surface area (Å²) in [7, 11) is 0. The van der Waals surface area contributed by atoms with Crippen molar-refractivity contribution >= 4 is 40.3 Å². The van der Waals surface area contributed by atoms with Crippen molar-refractivity contribution in [3.63, 3.8) is 0 Å². The molecule has 0 fully saturated rings. The van der Waals surface area contributed by atoms with Gasteiger partial charge < -0.3 is 19.9 Å². The summed E-state index contributed by atoms with van der Waals surface area (Å²) in [5, 5.41) is 14.1. The van der Waals surface area contributed by atoms with Crippen LogP contribution in [-0.2, 0) is 10.2 Å². The fourth-order valence-corrected chi connectivity index (χ4v) is 5.26. The zero-order valence-electron chi connectivity index (χ0n) is 20.1. The Kier molecular flexibility index (Phi) is 4.97. The van der Waals surface area contributed by atoms with Crippen LogP contribution >= 0.6 is 0 Å². The van der Waals surface area contributed by atoms with E-state index < -0.39 is 16.1 Å². The SMILES string of the molecule is CC1(C)c2ccccc2N(CCC(=O)Nc2ncnc3nc[nH]c23)C12C=Cc1cc([N+](=O)[O-])ccc1O2. The second-order valence-corrected chi connectivity index (χ2v) is 9.53. The smallest absolute Gasteiger partial charge is 0.270 e. The van der Waals surface area contributed by atoms with E-state index in [4.69, 9.17) is 4.74 Å². The number of aromatic nitrogens is 4. The lowest BCUT2D eigenvalue weighted by atomic mass is 9.76. The van der Waals surface area contributed by atoms with Crippen LogP contribution in [-0.4, -0.2) is 43.0 Å². The highest BCUT2D eigenvalue weighted by atomic mass is 16.6. The first-order valence-electron chi connectivity index (χ1n) is 11.8. The number of para-hydroxylation sites is 1. The number of non-ortho nitro benzene ring substituents is 1. The van der Waals surface area contributed by atoms with Crippen LogP contribution in [0.5, 0.6) is 5.75 Å². The summed E-state index contributed by atoms with van der Waals surface area (Å²) in [5.74, 6) is 0.697. The fourth-order valence-electron chi connectivity index (χ4n) is 5.26. The predicted octanol–water partition coefficient (Wildman–Crippen LogP) is 4.19. The van der Waals surface area contributed by atoms with Crippen LogP contribution in [0, 0.1) is 10.1 Å². The number of nitro groups is 1. The van der Waals surface area contributed by atoms with E-state index in [1.807, 2.05) is 30.4 Å². The predicted molar refractivity (Wildman–Crippen MR) is 137 cm³/mol. The van der Waals surface area contributed by atoms with Gasteiger partial charge in [-0.2, -0.15) is 0 Å². The Bertz CT molecular complexity index is 1590. The third-order valence-corrected chi connectivity index (χ3v) is 7.17. The minimum atomic E-state index is -0.939. The summed E-state index contributed by atoms with van der Waals surface area (Å²) in [6, 6.07) is 12.6. The molecule has 186 valence electrons. The molecule has 4 aromatic rings. The molecule has 1 atom stereocenters. The second-order valence-electron chi connectivity index (χ2n) is 9.53. The van der Waals surface area contributed by atoms with E-state index in [2.05, 4.69) is 50.1 Å². The molecule has 0 radical (unpaired) electrons. The fraction of sp³-hybridized carbons (Fsp3) is 0.231. The van der Waals surface area contributed by atoms with Crippen LogP contribution in [0.1, 0.15) is 31.4 Å². The second kappa shape index (κ2) is 8.12. The number of amides is 1. The number of aromatic amines is 1. The molecule has 1 spiro atoms. The topological polar surface area (TPSA) is 139 Å². The van der Waals surface area contributed by atoms with Crippen molar-refractivity contribution in [3.05, 3.63) is 82.4 Å². The van der Waals surface area contributed by atoms with Gasteiger partial charge >= 0.3 is 0 Å². The Morgan fingerprint density at radius 3 is 2.86 bits per heavy atom. The van der Waals surface area contributed by atoms with Crippen LogP contribution in [0.2, 0.25) is 0 Å². The van der Waals surface area contributed by atoms with E-state index in [0.29, 0.717) is 34.8 Å². The van der Waals surface area contributed by atoms with Crippen LogP contribution in [0.4, 0.5) is 17.2 Å². The average molecular weight is 498 g/mol. The highest BCUT2D eigenvalue weighted by Gasteiger charge is 2.58. The number of hydrogen-bond acceptors (Lipinski definition) is 8. The summed E-state index contributed by atoms with van der Waals surface area (Å²) in [6.45, 7) is 4.56. The number of nitrogens with one attached hydrogen (secondary N) is 2.